The van der Waals surface area contributed by atoms with E-state index in [1.165, 1.54) is 11.3 Å². The summed E-state index contributed by atoms with van der Waals surface area (Å²) in [4.78, 5) is 25.6. The molecule has 0 radical (unpaired) electrons. The normalized spacial score (nSPS) is 10.4. The minimum atomic E-state index is -0.125. The lowest BCUT2D eigenvalue weighted by atomic mass is 10.1. The van der Waals surface area contributed by atoms with Crippen LogP contribution in [0.1, 0.15) is 25.6 Å². The molecule has 132 valence electrons. The molecule has 0 aliphatic heterocycles. The number of rotatable bonds is 5. The first-order chi connectivity index (χ1) is 12.6. The van der Waals surface area contributed by atoms with Crippen molar-refractivity contribution in [2.24, 2.45) is 0 Å². The molecule has 0 saturated heterocycles. The van der Waals surface area contributed by atoms with Crippen LogP contribution >= 0.6 is 27.3 Å². The third kappa shape index (κ3) is 4.39. The molecule has 2 amide bonds. The van der Waals surface area contributed by atoms with Gasteiger partial charge in [-0.3, -0.25) is 9.59 Å². The monoisotopic (exact) mass is 428 g/mol. The molecule has 2 N–H and O–H groups in total. The Kier molecular flexibility index (Phi) is 5.85. The van der Waals surface area contributed by atoms with Gasteiger partial charge in [0, 0.05) is 28.5 Å². The summed E-state index contributed by atoms with van der Waals surface area (Å²) in [5, 5.41) is 5.50. The fourth-order valence-corrected chi connectivity index (χ4v) is 3.61. The van der Waals surface area contributed by atoms with E-state index in [0.717, 1.165) is 20.5 Å². The Balaban J connectivity index is 1.62. The molecule has 0 spiro atoms. The number of benzene rings is 2. The standard InChI is InChI=1S/C20H17BrN2O2S/c1-22-19(24)15-4-2-13(3-5-15)12-23-20(25)18-11-10-17(26-18)14-6-8-16(21)9-7-14/h2-11H,12H2,1H3,(H,22,24)(H,23,25). The van der Waals surface area contributed by atoms with Gasteiger partial charge in [0.2, 0.25) is 0 Å². The zero-order valence-corrected chi connectivity index (χ0v) is 16.5. The summed E-state index contributed by atoms with van der Waals surface area (Å²) in [5.74, 6) is -0.228. The van der Waals surface area contributed by atoms with E-state index in [-0.39, 0.29) is 11.8 Å². The van der Waals surface area contributed by atoms with E-state index < -0.39 is 0 Å². The van der Waals surface area contributed by atoms with E-state index in [1.807, 2.05) is 48.5 Å². The van der Waals surface area contributed by atoms with Crippen molar-refractivity contribution in [3.8, 4) is 10.4 Å². The van der Waals surface area contributed by atoms with Crippen LogP contribution in [0.3, 0.4) is 0 Å². The van der Waals surface area contributed by atoms with Gasteiger partial charge >= 0.3 is 0 Å². The van der Waals surface area contributed by atoms with E-state index in [4.69, 9.17) is 0 Å². The Morgan fingerprint density at radius 1 is 0.923 bits per heavy atom. The lowest BCUT2D eigenvalue weighted by molar-refractivity contribution is 0.0949. The van der Waals surface area contributed by atoms with Crippen LogP contribution in [-0.4, -0.2) is 18.9 Å². The molecule has 4 nitrogen and oxygen atoms in total. The summed E-state index contributed by atoms with van der Waals surface area (Å²) in [6.07, 6.45) is 0. The SMILES string of the molecule is CNC(=O)c1ccc(CNC(=O)c2ccc(-c3ccc(Br)cc3)s2)cc1. The summed E-state index contributed by atoms with van der Waals surface area (Å²) >= 11 is 4.89. The van der Waals surface area contributed by atoms with Gasteiger partial charge in [0.05, 0.1) is 4.88 Å². The maximum Gasteiger partial charge on any atom is 0.261 e. The van der Waals surface area contributed by atoms with Crippen LogP contribution in [0.15, 0.2) is 65.1 Å². The first kappa shape index (κ1) is 18.4. The fourth-order valence-electron chi connectivity index (χ4n) is 2.42. The molecule has 3 aromatic rings. The van der Waals surface area contributed by atoms with Crippen molar-refractivity contribution in [2.45, 2.75) is 6.54 Å². The van der Waals surface area contributed by atoms with E-state index in [1.54, 1.807) is 19.2 Å². The zero-order chi connectivity index (χ0) is 18.5. The van der Waals surface area contributed by atoms with Crippen molar-refractivity contribution < 1.29 is 9.59 Å². The molecular weight excluding hydrogens is 412 g/mol. The van der Waals surface area contributed by atoms with E-state index in [0.29, 0.717) is 17.0 Å². The summed E-state index contributed by atoms with van der Waals surface area (Å²) in [7, 11) is 1.60. The predicted octanol–water partition coefficient (Wildman–Crippen LogP) is 4.47. The average molecular weight is 429 g/mol. The Bertz CT molecular complexity index is 918. The van der Waals surface area contributed by atoms with Crippen LogP contribution in [0.5, 0.6) is 0 Å². The Morgan fingerprint density at radius 3 is 2.27 bits per heavy atom. The van der Waals surface area contributed by atoms with Gasteiger partial charge in [0.25, 0.3) is 11.8 Å². The molecule has 0 bridgehead atoms. The van der Waals surface area contributed by atoms with Gasteiger partial charge in [-0.2, -0.15) is 0 Å². The van der Waals surface area contributed by atoms with E-state index in [9.17, 15) is 9.59 Å². The lowest BCUT2D eigenvalue weighted by Crippen LogP contribution is -2.22. The van der Waals surface area contributed by atoms with Crippen molar-refractivity contribution in [3.63, 3.8) is 0 Å². The number of amides is 2. The van der Waals surface area contributed by atoms with Gasteiger partial charge in [-0.25, -0.2) is 0 Å². The van der Waals surface area contributed by atoms with Gasteiger partial charge in [-0.1, -0.05) is 40.2 Å². The van der Waals surface area contributed by atoms with Gasteiger partial charge in [-0.15, -0.1) is 11.3 Å². The van der Waals surface area contributed by atoms with Crippen molar-refractivity contribution in [2.75, 3.05) is 7.05 Å². The van der Waals surface area contributed by atoms with Crippen LogP contribution in [0.4, 0.5) is 0 Å². The number of carbonyl (C=O) groups excluding carboxylic acids is 2. The minimum absolute atomic E-state index is 0.103. The first-order valence-corrected chi connectivity index (χ1v) is 9.63. The highest BCUT2D eigenvalue weighted by atomic mass is 79.9. The number of halogens is 1. The molecular formula is C20H17BrN2O2S. The van der Waals surface area contributed by atoms with Crippen LogP contribution in [0, 0.1) is 0 Å². The first-order valence-electron chi connectivity index (χ1n) is 8.02. The molecule has 26 heavy (non-hydrogen) atoms. The smallest absolute Gasteiger partial charge is 0.261 e. The maximum atomic E-state index is 12.4. The van der Waals surface area contributed by atoms with Crippen LogP contribution in [-0.2, 0) is 6.54 Å². The Labute approximate surface area is 164 Å². The lowest BCUT2D eigenvalue weighted by Gasteiger charge is -2.05. The molecule has 1 heterocycles. The second-order valence-corrected chi connectivity index (χ2v) is 7.63. The highest BCUT2D eigenvalue weighted by molar-refractivity contribution is 9.10. The number of carbonyl (C=O) groups is 2. The fraction of sp³-hybridized carbons (Fsp3) is 0.100. The molecule has 3 rings (SSSR count). The van der Waals surface area contributed by atoms with Gasteiger partial charge in [0.1, 0.15) is 0 Å². The topological polar surface area (TPSA) is 58.2 Å². The molecule has 0 aliphatic carbocycles. The summed E-state index contributed by atoms with van der Waals surface area (Å²) < 4.78 is 1.03. The van der Waals surface area contributed by atoms with E-state index in [2.05, 4.69) is 26.6 Å². The van der Waals surface area contributed by atoms with Gasteiger partial charge in [0.15, 0.2) is 0 Å². The van der Waals surface area contributed by atoms with Crippen LogP contribution in [0.2, 0.25) is 0 Å². The molecule has 0 atom stereocenters. The molecule has 1 aromatic heterocycles. The van der Waals surface area contributed by atoms with E-state index >= 15 is 0 Å². The van der Waals surface area contributed by atoms with Crippen molar-refractivity contribution >= 4 is 39.1 Å². The van der Waals surface area contributed by atoms with Crippen molar-refractivity contribution in [1.29, 1.82) is 0 Å². The number of nitrogens with one attached hydrogen (secondary N) is 2. The van der Waals surface area contributed by atoms with Crippen LogP contribution in [0.25, 0.3) is 10.4 Å². The molecule has 0 saturated carbocycles. The maximum absolute atomic E-state index is 12.4. The summed E-state index contributed by atoms with van der Waals surface area (Å²) in [6, 6.07) is 19.0. The summed E-state index contributed by atoms with van der Waals surface area (Å²) in [5.41, 5.74) is 2.62. The molecule has 0 fully saturated rings. The Hall–Kier alpha value is -2.44. The molecule has 2 aromatic carbocycles. The summed E-state index contributed by atoms with van der Waals surface area (Å²) in [6.45, 7) is 0.415. The third-order valence-corrected chi connectivity index (χ3v) is 5.52. The van der Waals surface area contributed by atoms with Gasteiger partial charge in [-0.05, 0) is 47.5 Å². The zero-order valence-electron chi connectivity index (χ0n) is 14.1. The second-order valence-electron chi connectivity index (χ2n) is 5.63. The quantitative estimate of drug-likeness (QED) is 0.629. The highest BCUT2D eigenvalue weighted by Crippen LogP contribution is 2.29. The molecule has 6 heteroatoms. The average Bonchev–Trinajstić information content (AvgIpc) is 3.16. The minimum Gasteiger partial charge on any atom is -0.355 e. The Morgan fingerprint density at radius 2 is 1.62 bits per heavy atom. The highest BCUT2D eigenvalue weighted by Gasteiger charge is 2.10. The van der Waals surface area contributed by atoms with Crippen molar-refractivity contribution in [1.82, 2.24) is 10.6 Å². The largest absolute Gasteiger partial charge is 0.355 e. The van der Waals surface area contributed by atoms with Crippen LogP contribution < -0.4 is 10.6 Å². The van der Waals surface area contributed by atoms with Gasteiger partial charge < -0.3 is 10.6 Å². The predicted molar refractivity (Wildman–Crippen MR) is 108 cm³/mol. The number of thiophene rings is 1. The number of hydrogen-bond acceptors (Lipinski definition) is 3. The second kappa shape index (κ2) is 8.29. The number of hydrogen-bond donors (Lipinski definition) is 2. The van der Waals surface area contributed by atoms with Crippen molar-refractivity contribution in [3.05, 3.63) is 81.1 Å². The molecule has 0 aliphatic rings. The third-order valence-electron chi connectivity index (χ3n) is 3.85. The molecule has 0 unspecified atom stereocenters.